The summed E-state index contributed by atoms with van der Waals surface area (Å²) >= 11 is 0. The summed E-state index contributed by atoms with van der Waals surface area (Å²) in [6.07, 6.45) is 0.276. The largest absolute Gasteiger partial charge is 0.480 e. The second-order valence-corrected chi connectivity index (χ2v) is 3.06. The molecule has 1 aliphatic rings. The minimum Gasteiger partial charge on any atom is -0.480 e. The monoisotopic (exact) mass is 181 g/mol. The minimum absolute atomic E-state index is 0.276. The van der Waals surface area contributed by atoms with E-state index in [0.717, 1.165) is 0 Å². The zero-order chi connectivity index (χ0) is 10.1. The van der Waals surface area contributed by atoms with Crippen molar-refractivity contribution in [3.05, 3.63) is 0 Å². The van der Waals surface area contributed by atoms with Gasteiger partial charge >= 0.3 is 5.97 Å². The molecule has 0 aromatic carbocycles. The van der Waals surface area contributed by atoms with Gasteiger partial charge in [-0.05, 0) is 6.92 Å². The molecule has 0 aromatic rings. The molecule has 1 unspecified atom stereocenters. The van der Waals surface area contributed by atoms with Crippen LogP contribution in [0.5, 0.6) is 0 Å². The molecule has 0 radical (unpaired) electrons. The van der Waals surface area contributed by atoms with Gasteiger partial charge < -0.3 is 10.0 Å². The van der Waals surface area contributed by atoms with E-state index in [1.807, 2.05) is 0 Å². The number of amides is 1. The predicted octanol–water partition coefficient (Wildman–Crippen LogP) is -0.0572. The van der Waals surface area contributed by atoms with Gasteiger partial charge in [-0.25, -0.2) is 0 Å². The molecule has 1 saturated heterocycles. The van der Waals surface area contributed by atoms with Crippen LogP contribution in [0, 0.1) is 17.3 Å². The predicted molar refractivity (Wildman–Crippen MR) is 45.8 cm³/mol. The lowest BCUT2D eigenvalue weighted by atomic mass is 9.87. The van der Waals surface area contributed by atoms with Crippen LogP contribution in [0.4, 0.5) is 0 Å². The summed E-state index contributed by atoms with van der Waals surface area (Å²) in [5, 5.41) is 8.93. The van der Waals surface area contributed by atoms with Crippen molar-refractivity contribution in [2.75, 3.05) is 13.6 Å². The molecule has 1 atom stereocenters. The standard InChI is InChI=1S/C9H11NO3/c1-3-4-9(8(12)13)5-6-10(2)7(9)11/h5-6H2,1-2H3,(H,12,13). The van der Waals surface area contributed by atoms with E-state index in [4.69, 9.17) is 5.11 Å². The molecule has 13 heavy (non-hydrogen) atoms. The third-order valence-corrected chi connectivity index (χ3v) is 2.24. The third-order valence-electron chi connectivity index (χ3n) is 2.24. The van der Waals surface area contributed by atoms with Gasteiger partial charge in [0.05, 0.1) is 0 Å². The number of carboxylic acid groups (broad SMARTS) is 1. The average Bonchev–Trinajstić information content (AvgIpc) is 2.34. The highest BCUT2D eigenvalue weighted by atomic mass is 16.4. The Balaban J connectivity index is 3.11. The summed E-state index contributed by atoms with van der Waals surface area (Å²) < 4.78 is 0. The van der Waals surface area contributed by atoms with Crippen molar-refractivity contribution in [3.63, 3.8) is 0 Å². The number of carboxylic acids is 1. The van der Waals surface area contributed by atoms with Crippen LogP contribution < -0.4 is 0 Å². The number of nitrogens with zero attached hydrogens (tertiary/aromatic N) is 1. The number of hydrogen-bond donors (Lipinski definition) is 1. The second kappa shape index (κ2) is 3.09. The molecule has 1 aliphatic heterocycles. The Labute approximate surface area is 76.5 Å². The maximum Gasteiger partial charge on any atom is 0.331 e. The number of likely N-dealkylation sites (tertiary alicyclic amines) is 1. The van der Waals surface area contributed by atoms with Gasteiger partial charge in [0.1, 0.15) is 0 Å². The molecule has 0 spiro atoms. The number of carbonyl (C=O) groups is 2. The van der Waals surface area contributed by atoms with E-state index in [2.05, 4.69) is 11.8 Å². The van der Waals surface area contributed by atoms with Crippen LogP contribution in [-0.2, 0) is 9.59 Å². The summed E-state index contributed by atoms with van der Waals surface area (Å²) in [6.45, 7) is 2.00. The fourth-order valence-electron chi connectivity index (χ4n) is 1.45. The van der Waals surface area contributed by atoms with E-state index in [-0.39, 0.29) is 6.42 Å². The number of rotatable bonds is 1. The lowest BCUT2D eigenvalue weighted by Gasteiger charge is -2.15. The van der Waals surface area contributed by atoms with Crippen LogP contribution in [0.1, 0.15) is 13.3 Å². The van der Waals surface area contributed by atoms with Crippen LogP contribution in [0.15, 0.2) is 0 Å². The fourth-order valence-corrected chi connectivity index (χ4v) is 1.45. The lowest BCUT2D eigenvalue weighted by molar-refractivity contribution is -0.151. The van der Waals surface area contributed by atoms with E-state index in [9.17, 15) is 9.59 Å². The van der Waals surface area contributed by atoms with Crippen LogP contribution in [0.3, 0.4) is 0 Å². The maximum absolute atomic E-state index is 11.5. The molecular weight excluding hydrogens is 170 g/mol. The smallest absolute Gasteiger partial charge is 0.331 e. The Kier molecular flexibility index (Phi) is 2.28. The molecule has 4 nitrogen and oxygen atoms in total. The Morgan fingerprint density at radius 1 is 1.69 bits per heavy atom. The Morgan fingerprint density at radius 3 is 2.62 bits per heavy atom. The Hall–Kier alpha value is -1.50. The molecule has 0 aliphatic carbocycles. The van der Waals surface area contributed by atoms with Crippen molar-refractivity contribution in [3.8, 4) is 11.8 Å². The van der Waals surface area contributed by atoms with Crippen LogP contribution in [0.2, 0.25) is 0 Å². The minimum atomic E-state index is -1.48. The van der Waals surface area contributed by atoms with E-state index >= 15 is 0 Å². The zero-order valence-electron chi connectivity index (χ0n) is 7.63. The van der Waals surface area contributed by atoms with Gasteiger partial charge in [-0.3, -0.25) is 9.59 Å². The Morgan fingerprint density at radius 2 is 2.31 bits per heavy atom. The van der Waals surface area contributed by atoms with E-state index in [0.29, 0.717) is 6.54 Å². The molecule has 1 heterocycles. The van der Waals surface area contributed by atoms with Crippen LogP contribution in [0.25, 0.3) is 0 Å². The van der Waals surface area contributed by atoms with Crippen molar-refractivity contribution in [1.82, 2.24) is 4.90 Å². The molecule has 0 bridgehead atoms. The van der Waals surface area contributed by atoms with E-state index < -0.39 is 17.3 Å². The average molecular weight is 181 g/mol. The summed E-state index contributed by atoms with van der Waals surface area (Å²) in [4.78, 5) is 23.8. The van der Waals surface area contributed by atoms with Gasteiger partial charge in [0.15, 0.2) is 0 Å². The van der Waals surface area contributed by atoms with Gasteiger partial charge in [-0.15, -0.1) is 5.92 Å². The normalized spacial score (nSPS) is 26.9. The van der Waals surface area contributed by atoms with Crippen molar-refractivity contribution in [2.24, 2.45) is 5.41 Å². The summed E-state index contributed by atoms with van der Waals surface area (Å²) in [5.41, 5.74) is -1.48. The van der Waals surface area contributed by atoms with Gasteiger partial charge in [0, 0.05) is 20.0 Å². The molecule has 1 fully saturated rings. The first-order valence-electron chi connectivity index (χ1n) is 3.97. The molecule has 0 saturated carbocycles. The van der Waals surface area contributed by atoms with E-state index in [1.54, 1.807) is 7.05 Å². The fraction of sp³-hybridized carbons (Fsp3) is 0.556. The van der Waals surface area contributed by atoms with Crippen LogP contribution in [-0.4, -0.2) is 35.5 Å². The first-order valence-corrected chi connectivity index (χ1v) is 3.97. The third kappa shape index (κ3) is 1.26. The van der Waals surface area contributed by atoms with Crippen LogP contribution >= 0.6 is 0 Å². The highest BCUT2D eigenvalue weighted by molar-refractivity contribution is 6.06. The number of carbonyl (C=O) groups excluding carboxylic acids is 1. The second-order valence-electron chi connectivity index (χ2n) is 3.06. The van der Waals surface area contributed by atoms with Gasteiger partial charge in [-0.1, -0.05) is 5.92 Å². The first-order chi connectivity index (χ1) is 6.04. The lowest BCUT2D eigenvalue weighted by Crippen LogP contribution is -2.38. The van der Waals surface area contributed by atoms with Crippen molar-refractivity contribution in [1.29, 1.82) is 0 Å². The Bertz CT molecular complexity index is 313. The zero-order valence-corrected chi connectivity index (χ0v) is 7.63. The molecule has 70 valence electrons. The quantitative estimate of drug-likeness (QED) is 0.455. The van der Waals surface area contributed by atoms with Gasteiger partial charge in [0.2, 0.25) is 5.41 Å². The summed E-state index contributed by atoms with van der Waals surface area (Å²) in [7, 11) is 1.59. The summed E-state index contributed by atoms with van der Waals surface area (Å²) in [5.74, 6) is 3.45. The van der Waals surface area contributed by atoms with Crippen molar-refractivity contribution in [2.45, 2.75) is 13.3 Å². The number of aliphatic carboxylic acids is 1. The molecule has 4 heteroatoms. The molecule has 0 aromatic heterocycles. The van der Waals surface area contributed by atoms with Gasteiger partial charge in [-0.2, -0.15) is 0 Å². The molecular formula is C9H11NO3. The molecule has 1 N–H and O–H groups in total. The number of hydrogen-bond acceptors (Lipinski definition) is 2. The first kappa shape index (κ1) is 9.59. The highest BCUT2D eigenvalue weighted by Gasteiger charge is 2.50. The van der Waals surface area contributed by atoms with Crippen molar-refractivity contribution < 1.29 is 14.7 Å². The SMILES string of the molecule is CC#CC1(C(=O)O)CCN(C)C1=O. The summed E-state index contributed by atoms with van der Waals surface area (Å²) in [6, 6.07) is 0. The van der Waals surface area contributed by atoms with Gasteiger partial charge in [0.25, 0.3) is 5.91 Å². The molecule has 1 amide bonds. The topological polar surface area (TPSA) is 57.6 Å². The highest BCUT2D eigenvalue weighted by Crippen LogP contribution is 2.30. The van der Waals surface area contributed by atoms with E-state index in [1.165, 1.54) is 11.8 Å². The van der Waals surface area contributed by atoms with Crippen molar-refractivity contribution >= 4 is 11.9 Å². The maximum atomic E-state index is 11.5. The molecule has 1 rings (SSSR count).